The summed E-state index contributed by atoms with van der Waals surface area (Å²) in [4.78, 5) is 12.0. The fourth-order valence-electron chi connectivity index (χ4n) is 4.13. The molecule has 0 unspecified atom stereocenters. The lowest BCUT2D eigenvalue weighted by atomic mass is 9.67. The van der Waals surface area contributed by atoms with E-state index in [1.54, 1.807) is 6.07 Å². The van der Waals surface area contributed by atoms with E-state index in [1.165, 1.54) is 6.07 Å². The van der Waals surface area contributed by atoms with Crippen molar-refractivity contribution in [2.45, 2.75) is 24.9 Å². The zero-order valence-corrected chi connectivity index (χ0v) is 13.3. The molecule has 2 fully saturated rings. The number of carbonyl (C=O) groups is 1. The SMILES string of the molecule is O=C1Nc2ccc(Cl)c(F)c2[C@]2(CNCC3(CCOCC3)C2)O1. The molecule has 124 valence electrons. The molecule has 0 bridgehead atoms. The number of piperidine rings is 1. The molecule has 1 aromatic rings. The van der Waals surface area contributed by atoms with Crippen LogP contribution in [-0.2, 0) is 15.1 Å². The third kappa shape index (κ3) is 2.40. The summed E-state index contributed by atoms with van der Waals surface area (Å²) < 4.78 is 25.9. The fourth-order valence-corrected chi connectivity index (χ4v) is 4.29. The number of nitrogens with one attached hydrogen (secondary N) is 2. The first kappa shape index (κ1) is 15.2. The second-order valence-corrected chi connectivity index (χ2v) is 7.09. The zero-order chi connectivity index (χ0) is 16.1. The van der Waals surface area contributed by atoms with Crippen molar-refractivity contribution in [3.05, 3.63) is 28.5 Å². The summed E-state index contributed by atoms with van der Waals surface area (Å²) >= 11 is 5.98. The number of hydrogen-bond donors (Lipinski definition) is 2. The molecule has 1 aromatic carbocycles. The van der Waals surface area contributed by atoms with Crippen molar-refractivity contribution in [3.8, 4) is 0 Å². The van der Waals surface area contributed by atoms with Crippen LogP contribution in [0.4, 0.5) is 14.9 Å². The number of amides is 1. The molecule has 0 radical (unpaired) electrons. The van der Waals surface area contributed by atoms with E-state index in [0.717, 1.165) is 19.4 Å². The average molecular weight is 341 g/mol. The van der Waals surface area contributed by atoms with Gasteiger partial charge in [0.05, 0.1) is 16.3 Å². The maximum atomic E-state index is 14.8. The Labute approximate surface area is 138 Å². The average Bonchev–Trinajstić information content (AvgIpc) is 2.51. The van der Waals surface area contributed by atoms with Crippen LogP contribution in [0.3, 0.4) is 0 Å². The van der Waals surface area contributed by atoms with Crippen molar-refractivity contribution in [2.24, 2.45) is 5.41 Å². The molecule has 2 N–H and O–H groups in total. The molecule has 1 atom stereocenters. The number of benzene rings is 1. The molecule has 3 heterocycles. The van der Waals surface area contributed by atoms with Crippen LogP contribution < -0.4 is 10.6 Å². The van der Waals surface area contributed by atoms with Gasteiger partial charge in [-0.3, -0.25) is 5.32 Å². The number of rotatable bonds is 0. The Morgan fingerprint density at radius 2 is 2.00 bits per heavy atom. The maximum Gasteiger partial charge on any atom is 0.412 e. The molecule has 0 aliphatic carbocycles. The normalized spacial score (nSPS) is 29.0. The smallest absolute Gasteiger partial charge is 0.412 e. The van der Waals surface area contributed by atoms with Crippen LogP contribution in [-0.4, -0.2) is 32.4 Å². The van der Waals surface area contributed by atoms with Gasteiger partial charge in [-0.1, -0.05) is 11.6 Å². The molecular weight excluding hydrogens is 323 g/mol. The van der Waals surface area contributed by atoms with E-state index < -0.39 is 17.5 Å². The second kappa shape index (κ2) is 5.33. The first-order chi connectivity index (χ1) is 11.0. The highest BCUT2D eigenvalue weighted by Crippen LogP contribution is 2.50. The molecule has 23 heavy (non-hydrogen) atoms. The predicted molar refractivity (Wildman–Crippen MR) is 83.2 cm³/mol. The summed E-state index contributed by atoms with van der Waals surface area (Å²) in [5, 5.41) is 5.96. The van der Waals surface area contributed by atoms with Crippen molar-refractivity contribution in [3.63, 3.8) is 0 Å². The van der Waals surface area contributed by atoms with E-state index in [9.17, 15) is 9.18 Å². The van der Waals surface area contributed by atoms with Gasteiger partial charge in [0.25, 0.3) is 0 Å². The predicted octanol–water partition coefficient (Wildman–Crippen LogP) is 3.03. The molecule has 2 spiro atoms. The summed E-state index contributed by atoms with van der Waals surface area (Å²) in [6.07, 6.45) is 1.76. The van der Waals surface area contributed by atoms with Gasteiger partial charge in [0.15, 0.2) is 11.4 Å². The molecule has 5 nitrogen and oxygen atoms in total. The summed E-state index contributed by atoms with van der Waals surface area (Å²) in [6.45, 7) is 2.55. The molecule has 0 aromatic heterocycles. The summed E-state index contributed by atoms with van der Waals surface area (Å²) in [6, 6.07) is 3.09. The van der Waals surface area contributed by atoms with Gasteiger partial charge in [0.1, 0.15) is 0 Å². The number of fused-ring (bicyclic) bond motifs is 2. The highest BCUT2D eigenvalue weighted by Gasteiger charge is 2.53. The van der Waals surface area contributed by atoms with Gasteiger partial charge in [-0.25, -0.2) is 9.18 Å². The second-order valence-electron chi connectivity index (χ2n) is 6.69. The molecule has 2 saturated heterocycles. The van der Waals surface area contributed by atoms with E-state index >= 15 is 0 Å². The van der Waals surface area contributed by atoms with E-state index in [1.807, 2.05) is 0 Å². The number of carbonyl (C=O) groups excluding carboxylic acids is 1. The Morgan fingerprint density at radius 3 is 2.78 bits per heavy atom. The van der Waals surface area contributed by atoms with Gasteiger partial charge >= 0.3 is 6.09 Å². The monoisotopic (exact) mass is 340 g/mol. The zero-order valence-electron chi connectivity index (χ0n) is 12.6. The van der Waals surface area contributed by atoms with Crippen LogP contribution in [0.15, 0.2) is 12.1 Å². The summed E-state index contributed by atoms with van der Waals surface area (Å²) in [5.41, 5.74) is -0.292. The Balaban J connectivity index is 1.81. The van der Waals surface area contributed by atoms with Crippen molar-refractivity contribution in [1.82, 2.24) is 5.32 Å². The minimum Gasteiger partial charge on any atom is -0.436 e. The van der Waals surface area contributed by atoms with Gasteiger partial charge in [0.2, 0.25) is 0 Å². The third-order valence-corrected chi connectivity index (χ3v) is 5.49. The Kier molecular flexibility index (Phi) is 3.51. The molecule has 3 aliphatic rings. The lowest BCUT2D eigenvalue weighted by molar-refractivity contribution is -0.0865. The number of hydrogen-bond acceptors (Lipinski definition) is 4. The van der Waals surface area contributed by atoms with Gasteiger partial charge in [-0.15, -0.1) is 0 Å². The Bertz CT molecular complexity index is 657. The topological polar surface area (TPSA) is 59.6 Å². The highest BCUT2D eigenvalue weighted by atomic mass is 35.5. The van der Waals surface area contributed by atoms with Gasteiger partial charge in [0, 0.05) is 32.7 Å². The van der Waals surface area contributed by atoms with E-state index in [4.69, 9.17) is 21.1 Å². The Hall–Kier alpha value is -1.37. The van der Waals surface area contributed by atoms with Crippen molar-refractivity contribution in [2.75, 3.05) is 31.6 Å². The molecular formula is C16H18ClFN2O3. The van der Waals surface area contributed by atoms with Crippen LogP contribution in [0.1, 0.15) is 24.8 Å². The minimum atomic E-state index is -1.03. The minimum absolute atomic E-state index is 0.0366. The number of halogens is 2. The highest BCUT2D eigenvalue weighted by molar-refractivity contribution is 6.31. The molecule has 1 amide bonds. The lowest BCUT2D eigenvalue weighted by Crippen LogP contribution is -2.58. The van der Waals surface area contributed by atoms with Crippen molar-refractivity contribution in [1.29, 1.82) is 0 Å². The first-order valence-corrected chi connectivity index (χ1v) is 8.18. The van der Waals surface area contributed by atoms with Crippen molar-refractivity contribution >= 4 is 23.4 Å². The fraction of sp³-hybridized carbons (Fsp3) is 0.562. The molecule has 4 rings (SSSR count). The van der Waals surface area contributed by atoms with Gasteiger partial charge < -0.3 is 14.8 Å². The Morgan fingerprint density at radius 1 is 1.22 bits per heavy atom. The van der Waals surface area contributed by atoms with E-state index in [-0.39, 0.29) is 10.4 Å². The molecule has 7 heteroatoms. The lowest BCUT2D eigenvalue weighted by Gasteiger charge is -2.50. The molecule has 3 aliphatic heterocycles. The van der Waals surface area contributed by atoms with Crippen LogP contribution in [0.2, 0.25) is 5.02 Å². The van der Waals surface area contributed by atoms with E-state index in [2.05, 4.69) is 10.6 Å². The van der Waals surface area contributed by atoms with Gasteiger partial charge in [-0.2, -0.15) is 0 Å². The van der Waals surface area contributed by atoms with Crippen LogP contribution in [0.25, 0.3) is 0 Å². The van der Waals surface area contributed by atoms with Crippen LogP contribution in [0.5, 0.6) is 0 Å². The maximum absolute atomic E-state index is 14.8. The van der Waals surface area contributed by atoms with Crippen LogP contribution >= 0.6 is 11.6 Å². The third-order valence-electron chi connectivity index (χ3n) is 5.20. The van der Waals surface area contributed by atoms with Crippen molar-refractivity contribution < 1.29 is 18.7 Å². The first-order valence-electron chi connectivity index (χ1n) is 7.81. The standard InChI is InChI=1S/C16H18ClFN2O3/c17-10-1-2-11-12(13(10)18)16(23-14(21)20-11)7-15(8-19-9-16)3-5-22-6-4-15/h1-2,19H,3-9H2,(H,20,21)/t16-/m0/s1. The van der Waals surface area contributed by atoms with E-state index in [0.29, 0.717) is 37.4 Å². The van der Waals surface area contributed by atoms with Gasteiger partial charge in [-0.05, 0) is 30.4 Å². The number of anilines is 1. The summed E-state index contributed by atoms with van der Waals surface area (Å²) in [5.74, 6) is -0.518. The number of ether oxygens (including phenoxy) is 2. The quantitative estimate of drug-likeness (QED) is 0.762. The summed E-state index contributed by atoms with van der Waals surface area (Å²) in [7, 11) is 0. The largest absolute Gasteiger partial charge is 0.436 e. The molecule has 0 saturated carbocycles. The van der Waals surface area contributed by atoms with Crippen LogP contribution in [0, 0.1) is 11.2 Å².